The van der Waals surface area contributed by atoms with E-state index in [0.717, 1.165) is 10.6 Å². The summed E-state index contributed by atoms with van der Waals surface area (Å²) in [7, 11) is 0. The molecule has 0 atom stereocenters. The molecule has 2 aromatic rings. The van der Waals surface area contributed by atoms with Crippen LogP contribution in [0.4, 0.5) is 5.69 Å². The average molecular weight is 312 g/mol. The van der Waals surface area contributed by atoms with Crippen molar-refractivity contribution < 1.29 is 9.90 Å². The summed E-state index contributed by atoms with van der Waals surface area (Å²) in [6.07, 6.45) is 1.72. The van der Waals surface area contributed by atoms with Crippen LogP contribution in [0.15, 0.2) is 30.5 Å². The second kappa shape index (κ2) is 7.23. The first-order valence-corrected chi connectivity index (χ1v) is 7.21. The van der Waals surface area contributed by atoms with Crippen molar-refractivity contribution >= 4 is 34.5 Å². The number of aliphatic hydroxyl groups is 1. The highest BCUT2D eigenvalue weighted by molar-refractivity contribution is 7.15. The van der Waals surface area contributed by atoms with E-state index in [1.54, 1.807) is 24.4 Å². The Morgan fingerprint density at radius 1 is 1.45 bits per heavy atom. The number of hydrogen-bond acceptors (Lipinski definition) is 5. The maximum Gasteiger partial charge on any atom is 0.251 e. The summed E-state index contributed by atoms with van der Waals surface area (Å²) in [5.74, 6) is -0.205. The lowest BCUT2D eigenvalue weighted by molar-refractivity contribution is 0.0945. The summed E-state index contributed by atoms with van der Waals surface area (Å²) in [6, 6.07) is 7.16. The maximum atomic E-state index is 11.8. The number of benzene rings is 1. The number of aromatic nitrogens is 1. The molecule has 3 N–H and O–H groups in total. The Morgan fingerprint density at radius 2 is 2.30 bits per heavy atom. The standard InChI is InChI=1S/C13H14ClN3O2S/c14-13-17-8-11(20-13)7-16-10-3-1-2-9(6-10)12(19)15-4-5-18/h1-3,6,8,16,18H,4-5,7H2,(H,15,19). The summed E-state index contributed by atoms with van der Waals surface area (Å²) in [5.41, 5.74) is 1.39. The van der Waals surface area contributed by atoms with Gasteiger partial charge in [-0.05, 0) is 18.2 Å². The number of hydrogen-bond donors (Lipinski definition) is 3. The number of carbonyl (C=O) groups excluding carboxylic acids is 1. The van der Waals surface area contributed by atoms with Gasteiger partial charge >= 0.3 is 0 Å². The van der Waals surface area contributed by atoms with Gasteiger partial charge in [0.15, 0.2) is 4.47 Å². The molecule has 0 fully saturated rings. The zero-order chi connectivity index (χ0) is 14.4. The predicted molar refractivity (Wildman–Crippen MR) is 80.3 cm³/mol. The highest BCUT2D eigenvalue weighted by Gasteiger charge is 2.05. The molecular weight excluding hydrogens is 298 g/mol. The van der Waals surface area contributed by atoms with Gasteiger partial charge in [-0.1, -0.05) is 17.7 Å². The Labute approximate surface area is 125 Å². The van der Waals surface area contributed by atoms with Crippen molar-refractivity contribution in [1.29, 1.82) is 0 Å². The van der Waals surface area contributed by atoms with Crippen molar-refractivity contribution in [3.63, 3.8) is 0 Å². The maximum absolute atomic E-state index is 11.8. The molecule has 0 aliphatic rings. The van der Waals surface area contributed by atoms with Gasteiger partial charge in [0.25, 0.3) is 5.91 Å². The quantitative estimate of drug-likeness (QED) is 0.764. The van der Waals surface area contributed by atoms with Gasteiger partial charge in [0, 0.05) is 28.9 Å². The molecule has 1 heterocycles. The molecule has 0 spiro atoms. The van der Waals surface area contributed by atoms with Crippen molar-refractivity contribution in [2.45, 2.75) is 6.54 Å². The smallest absolute Gasteiger partial charge is 0.251 e. The highest BCUT2D eigenvalue weighted by atomic mass is 35.5. The molecule has 0 saturated carbocycles. The third-order valence-electron chi connectivity index (χ3n) is 2.51. The van der Waals surface area contributed by atoms with E-state index in [2.05, 4.69) is 15.6 Å². The van der Waals surface area contributed by atoms with Crippen LogP contribution >= 0.6 is 22.9 Å². The van der Waals surface area contributed by atoms with E-state index < -0.39 is 0 Å². The molecule has 1 aromatic carbocycles. The number of aliphatic hydroxyl groups excluding tert-OH is 1. The molecule has 7 heteroatoms. The normalized spacial score (nSPS) is 10.3. The molecule has 20 heavy (non-hydrogen) atoms. The van der Waals surface area contributed by atoms with E-state index in [1.165, 1.54) is 11.3 Å². The minimum atomic E-state index is -0.205. The van der Waals surface area contributed by atoms with Crippen molar-refractivity contribution in [2.75, 3.05) is 18.5 Å². The number of halogens is 1. The molecule has 0 aliphatic heterocycles. The first kappa shape index (κ1) is 14.8. The number of carbonyl (C=O) groups is 1. The minimum Gasteiger partial charge on any atom is -0.395 e. The lowest BCUT2D eigenvalue weighted by Crippen LogP contribution is -2.26. The van der Waals surface area contributed by atoms with Crippen LogP contribution in [0.25, 0.3) is 0 Å². The lowest BCUT2D eigenvalue weighted by atomic mass is 10.2. The monoisotopic (exact) mass is 311 g/mol. The fourth-order valence-electron chi connectivity index (χ4n) is 1.60. The van der Waals surface area contributed by atoms with E-state index in [4.69, 9.17) is 16.7 Å². The molecule has 5 nitrogen and oxygen atoms in total. The Morgan fingerprint density at radius 3 is 3.00 bits per heavy atom. The number of nitrogens with one attached hydrogen (secondary N) is 2. The van der Waals surface area contributed by atoms with Crippen molar-refractivity contribution in [3.8, 4) is 0 Å². The van der Waals surface area contributed by atoms with Gasteiger partial charge < -0.3 is 15.7 Å². The molecule has 0 bridgehead atoms. The Balaban J connectivity index is 1.97. The molecule has 1 amide bonds. The van der Waals surface area contributed by atoms with Gasteiger partial charge in [-0.2, -0.15) is 0 Å². The Kier molecular flexibility index (Phi) is 5.34. The van der Waals surface area contributed by atoms with Gasteiger partial charge in [0.2, 0.25) is 0 Å². The van der Waals surface area contributed by atoms with Gasteiger partial charge in [0.05, 0.1) is 13.2 Å². The van der Waals surface area contributed by atoms with Gasteiger partial charge in [-0.15, -0.1) is 11.3 Å². The van der Waals surface area contributed by atoms with E-state index in [1.807, 2.05) is 6.07 Å². The molecule has 0 saturated heterocycles. The van der Waals surface area contributed by atoms with Crippen molar-refractivity contribution in [2.24, 2.45) is 0 Å². The van der Waals surface area contributed by atoms with Crippen LogP contribution in [0, 0.1) is 0 Å². The predicted octanol–water partition coefficient (Wildman–Crippen LogP) is 2.13. The minimum absolute atomic E-state index is 0.0736. The molecule has 0 aliphatic carbocycles. The van der Waals surface area contributed by atoms with Crippen molar-refractivity contribution in [3.05, 3.63) is 45.4 Å². The van der Waals surface area contributed by atoms with E-state index >= 15 is 0 Å². The molecule has 1 aromatic heterocycles. The zero-order valence-corrected chi connectivity index (χ0v) is 12.2. The molecule has 0 radical (unpaired) electrons. The SMILES string of the molecule is O=C(NCCO)c1cccc(NCc2cnc(Cl)s2)c1. The highest BCUT2D eigenvalue weighted by Crippen LogP contribution is 2.19. The third kappa shape index (κ3) is 4.19. The molecule has 2 rings (SSSR count). The number of anilines is 1. The lowest BCUT2D eigenvalue weighted by Gasteiger charge is -2.07. The first-order valence-electron chi connectivity index (χ1n) is 6.02. The summed E-state index contributed by atoms with van der Waals surface area (Å²) in [6.45, 7) is 0.776. The third-order valence-corrected chi connectivity index (χ3v) is 3.63. The Bertz CT molecular complexity index is 589. The fourth-order valence-corrected chi connectivity index (χ4v) is 2.51. The van der Waals surface area contributed by atoms with Gasteiger partial charge in [0.1, 0.15) is 0 Å². The summed E-state index contributed by atoms with van der Waals surface area (Å²) in [5, 5.41) is 14.5. The van der Waals surface area contributed by atoms with Crippen LogP contribution < -0.4 is 10.6 Å². The zero-order valence-electron chi connectivity index (χ0n) is 10.6. The summed E-state index contributed by atoms with van der Waals surface area (Å²) < 4.78 is 0.513. The van der Waals surface area contributed by atoms with Crippen LogP contribution in [0.1, 0.15) is 15.2 Å². The first-order chi connectivity index (χ1) is 9.69. The second-order valence-electron chi connectivity index (χ2n) is 3.99. The summed E-state index contributed by atoms with van der Waals surface area (Å²) in [4.78, 5) is 16.7. The van der Waals surface area contributed by atoms with Crippen molar-refractivity contribution in [1.82, 2.24) is 10.3 Å². The second-order valence-corrected chi connectivity index (χ2v) is 5.69. The fraction of sp³-hybridized carbons (Fsp3) is 0.231. The van der Waals surface area contributed by atoms with Crippen LogP contribution in [-0.2, 0) is 6.54 Å². The number of rotatable bonds is 6. The number of nitrogens with zero attached hydrogens (tertiary/aromatic N) is 1. The van der Waals surface area contributed by atoms with E-state index in [9.17, 15) is 4.79 Å². The average Bonchev–Trinajstić information content (AvgIpc) is 2.88. The molecular formula is C13H14ClN3O2S. The molecule has 106 valence electrons. The number of amides is 1. The van der Waals surface area contributed by atoms with E-state index in [-0.39, 0.29) is 19.1 Å². The summed E-state index contributed by atoms with van der Waals surface area (Å²) >= 11 is 7.18. The van der Waals surface area contributed by atoms with Crippen LogP contribution in [0.5, 0.6) is 0 Å². The Hall–Kier alpha value is -1.63. The van der Waals surface area contributed by atoms with Crippen LogP contribution in [-0.4, -0.2) is 29.1 Å². The topological polar surface area (TPSA) is 74.2 Å². The largest absolute Gasteiger partial charge is 0.395 e. The van der Waals surface area contributed by atoms with Gasteiger partial charge in [-0.3, -0.25) is 4.79 Å². The van der Waals surface area contributed by atoms with Crippen LogP contribution in [0.3, 0.4) is 0 Å². The van der Waals surface area contributed by atoms with E-state index in [0.29, 0.717) is 16.6 Å². The molecule has 0 unspecified atom stereocenters. The number of thiazole rings is 1. The van der Waals surface area contributed by atoms with Gasteiger partial charge in [-0.25, -0.2) is 4.98 Å². The van der Waals surface area contributed by atoms with Crippen LogP contribution in [0.2, 0.25) is 4.47 Å².